The molecule has 18 heavy (non-hydrogen) atoms. The molecule has 0 spiro atoms. The van der Waals surface area contributed by atoms with Gasteiger partial charge in [-0.15, -0.1) is 0 Å². The Bertz CT molecular complexity index is 230. The molecule has 0 N–H and O–H groups in total. The van der Waals surface area contributed by atoms with Gasteiger partial charge in [0.2, 0.25) is 0 Å². The van der Waals surface area contributed by atoms with Gasteiger partial charge < -0.3 is 4.74 Å². The Hall–Kier alpha value is -0.370. The fourth-order valence-electron chi connectivity index (χ4n) is 1.59. The van der Waals surface area contributed by atoms with Crippen LogP contribution in [-0.2, 0) is 9.53 Å². The predicted octanol–water partition coefficient (Wildman–Crippen LogP) is 4.61. The molecule has 2 nitrogen and oxygen atoms in total. The number of ketones is 1. The van der Waals surface area contributed by atoms with Crippen LogP contribution in [0.2, 0.25) is 0 Å². The Labute approximate surface area is 113 Å². The monoisotopic (exact) mass is 256 g/mol. The van der Waals surface area contributed by atoms with Crippen molar-refractivity contribution in [2.24, 2.45) is 10.8 Å². The van der Waals surface area contributed by atoms with Crippen LogP contribution in [0, 0.1) is 10.8 Å². The Morgan fingerprint density at radius 2 is 1.44 bits per heavy atom. The molecule has 0 aromatic heterocycles. The SMILES string of the molecule is CC(C)(C)CCCCCCOCC(=O)C(C)(C)C. The van der Waals surface area contributed by atoms with Gasteiger partial charge in [0.05, 0.1) is 0 Å². The number of hydrogen-bond acceptors (Lipinski definition) is 2. The average molecular weight is 256 g/mol. The van der Waals surface area contributed by atoms with Gasteiger partial charge in [-0.25, -0.2) is 0 Å². The standard InChI is InChI=1S/C16H32O2/c1-15(2,3)11-9-7-8-10-12-18-13-14(17)16(4,5)6/h7-13H2,1-6H3. The van der Waals surface area contributed by atoms with E-state index in [9.17, 15) is 4.79 Å². The van der Waals surface area contributed by atoms with E-state index in [0.29, 0.717) is 5.41 Å². The topological polar surface area (TPSA) is 26.3 Å². The summed E-state index contributed by atoms with van der Waals surface area (Å²) in [5.41, 5.74) is 0.183. The zero-order valence-corrected chi connectivity index (χ0v) is 13.3. The van der Waals surface area contributed by atoms with E-state index < -0.39 is 0 Å². The Morgan fingerprint density at radius 1 is 0.889 bits per heavy atom. The lowest BCUT2D eigenvalue weighted by atomic mass is 9.89. The minimum Gasteiger partial charge on any atom is -0.374 e. The Kier molecular flexibility index (Phi) is 7.77. The quantitative estimate of drug-likeness (QED) is 0.593. The Morgan fingerprint density at radius 3 is 1.94 bits per heavy atom. The van der Waals surface area contributed by atoms with Crippen molar-refractivity contribution in [2.75, 3.05) is 13.2 Å². The highest BCUT2D eigenvalue weighted by Crippen LogP contribution is 2.22. The van der Waals surface area contributed by atoms with Crippen molar-refractivity contribution in [2.45, 2.75) is 73.6 Å². The first-order valence-corrected chi connectivity index (χ1v) is 7.24. The zero-order chi connectivity index (χ0) is 14.2. The third-order valence-electron chi connectivity index (χ3n) is 3.04. The predicted molar refractivity (Wildman–Crippen MR) is 77.8 cm³/mol. The molecule has 0 aliphatic carbocycles. The first-order valence-electron chi connectivity index (χ1n) is 7.24. The van der Waals surface area contributed by atoms with Crippen LogP contribution >= 0.6 is 0 Å². The number of rotatable bonds is 8. The van der Waals surface area contributed by atoms with Crippen molar-refractivity contribution in [3.05, 3.63) is 0 Å². The zero-order valence-electron chi connectivity index (χ0n) is 13.3. The van der Waals surface area contributed by atoms with Crippen LogP contribution < -0.4 is 0 Å². The van der Waals surface area contributed by atoms with Gasteiger partial charge in [-0.1, -0.05) is 60.8 Å². The van der Waals surface area contributed by atoms with Crippen LogP contribution in [0.25, 0.3) is 0 Å². The molecule has 0 radical (unpaired) electrons. The molecule has 0 rings (SSSR count). The molecule has 0 amide bonds. The summed E-state index contributed by atoms with van der Waals surface area (Å²) in [6.45, 7) is 13.7. The van der Waals surface area contributed by atoms with Crippen LogP contribution in [0.5, 0.6) is 0 Å². The lowest BCUT2D eigenvalue weighted by molar-refractivity contribution is -0.131. The van der Waals surface area contributed by atoms with Gasteiger partial charge in [-0.05, 0) is 18.3 Å². The number of unbranched alkanes of at least 4 members (excludes halogenated alkanes) is 3. The molecule has 0 saturated carbocycles. The molecule has 0 aliphatic heterocycles. The maximum atomic E-state index is 11.6. The molecule has 2 heteroatoms. The lowest BCUT2D eigenvalue weighted by Crippen LogP contribution is -2.25. The molecule has 0 aliphatic rings. The van der Waals surface area contributed by atoms with Crippen molar-refractivity contribution < 1.29 is 9.53 Å². The highest BCUT2D eigenvalue weighted by atomic mass is 16.5. The summed E-state index contributed by atoms with van der Waals surface area (Å²) in [4.78, 5) is 11.6. The number of carbonyl (C=O) groups is 1. The van der Waals surface area contributed by atoms with Crippen molar-refractivity contribution in [3.63, 3.8) is 0 Å². The fourth-order valence-corrected chi connectivity index (χ4v) is 1.59. The summed E-state index contributed by atoms with van der Waals surface area (Å²) in [7, 11) is 0. The summed E-state index contributed by atoms with van der Waals surface area (Å²) < 4.78 is 5.42. The minimum atomic E-state index is -0.271. The van der Waals surface area contributed by atoms with Crippen molar-refractivity contribution >= 4 is 5.78 Å². The first kappa shape index (κ1) is 17.6. The van der Waals surface area contributed by atoms with E-state index in [1.807, 2.05) is 20.8 Å². The average Bonchev–Trinajstić information content (AvgIpc) is 2.18. The first-order chi connectivity index (χ1) is 8.13. The van der Waals surface area contributed by atoms with Gasteiger partial charge in [0.1, 0.15) is 6.61 Å². The molecule has 0 unspecified atom stereocenters. The largest absolute Gasteiger partial charge is 0.374 e. The molecular formula is C16H32O2. The summed E-state index contributed by atoms with van der Waals surface area (Å²) >= 11 is 0. The highest BCUT2D eigenvalue weighted by Gasteiger charge is 2.20. The fraction of sp³-hybridized carbons (Fsp3) is 0.938. The van der Waals surface area contributed by atoms with Gasteiger partial charge in [0.15, 0.2) is 5.78 Å². The molecule has 0 fully saturated rings. The van der Waals surface area contributed by atoms with Crippen molar-refractivity contribution in [1.82, 2.24) is 0 Å². The summed E-state index contributed by atoms with van der Waals surface area (Å²) in [5, 5.41) is 0. The van der Waals surface area contributed by atoms with E-state index in [-0.39, 0.29) is 17.8 Å². The van der Waals surface area contributed by atoms with Crippen LogP contribution in [-0.4, -0.2) is 19.0 Å². The van der Waals surface area contributed by atoms with E-state index in [4.69, 9.17) is 4.74 Å². The normalized spacial score (nSPS) is 12.8. The maximum Gasteiger partial charge on any atom is 0.163 e. The molecule has 0 aromatic rings. The molecule has 0 atom stereocenters. The van der Waals surface area contributed by atoms with E-state index in [1.54, 1.807) is 0 Å². The van der Waals surface area contributed by atoms with Gasteiger partial charge in [-0.3, -0.25) is 4.79 Å². The molecule has 0 saturated heterocycles. The number of hydrogen-bond donors (Lipinski definition) is 0. The second-order valence-electron chi connectivity index (χ2n) is 7.45. The summed E-state index contributed by atoms with van der Waals surface area (Å²) in [6, 6.07) is 0. The molecule has 0 heterocycles. The van der Waals surface area contributed by atoms with Crippen LogP contribution in [0.3, 0.4) is 0 Å². The van der Waals surface area contributed by atoms with Crippen LogP contribution in [0.4, 0.5) is 0 Å². The second-order valence-corrected chi connectivity index (χ2v) is 7.45. The van der Waals surface area contributed by atoms with Crippen LogP contribution in [0.15, 0.2) is 0 Å². The van der Waals surface area contributed by atoms with E-state index in [2.05, 4.69) is 20.8 Å². The van der Waals surface area contributed by atoms with E-state index >= 15 is 0 Å². The minimum absolute atomic E-state index is 0.190. The van der Waals surface area contributed by atoms with Crippen molar-refractivity contribution in [3.8, 4) is 0 Å². The van der Waals surface area contributed by atoms with Gasteiger partial charge in [0, 0.05) is 12.0 Å². The molecule has 0 aromatic carbocycles. The lowest BCUT2D eigenvalue weighted by Gasteiger charge is -2.17. The third-order valence-corrected chi connectivity index (χ3v) is 3.04. The van der Waals surface area contributed by atoms with Crippen molar-refractivity contribution in [1.29, 1.82) is 0 Å². The van der Waals surface area contributed by atoms with Gasteiger partial charge >= 0.3 is 0 Å². The van der Waals surface area contributed by atoms with Crippen LogP contribution in [0.1, 0.15) is 73.6 Å². The van der Waals surface area contributed by atoms with E-state index in [1.165, 1.54) is 25.7 Å². The second kappa shape index (κ2) is 7.93. The summed E-state index contributed by atoms with van der Waals surface area (Å²) in [6.07, 6.45) is 6.13. The molecule has 0 bridgehead atoms. The number of carbonyl (C=O) groups excluding carboxylic acids is 1. The number of ether oxygens (including phenoxy) is 1. The Balaban J connectivity index is 3.35. The summed E-state index contributed by atoms with van der Waals surface area (Å²) in [5.74, 6) is 0.190. The third kappa shape index (κ3) is 10.8. The van der Waals surface area contributed by atoms with Gasteiger partial charge in [0.25, 0.3) is 0 Å². The van der Waals surface area contributed by atoms with Gasteiger partial charge in [-0.2, -0.15) is 0 Å². The smallest absolute Gasteiger partial charge is 0.163 e. The number of Topliss-reactive ketones (excluding diaryl/α,β-unsaturated/α-hetero) is 1. The maximum absolute atomic E-state index is 11.6. The van der Waals surface area contributed by atoms with E-state index in [0.717, 1.165) is 13.0 Å². The molecular weight excluding hydrogens is 224 g/mol. The molecule has 108 valence electrons. The highest BCUT2D eigenvalue weighted by molar-refractivity contribution is 5.84.